The molecule has 0 heterocycles. The fourth-order valence-corrected chi connectivity index (χ4v) is 0.805. The van der Waals surface area contributed by atoms with Crippen molar-refractivity contribution in [2.45, 2.75) is 36.8 Å². The fourth-order valence-electron chi connectivity index (χ4n) is 0.805. The van der Waals surface area contributed by atoms with Crippen molar-refractivity contribution < 1.29 is 44.3 Å². The van der Waals surface area contributed by atoms with Crippen LogP contribution in [0.3, 0.4) is 0 Å². The maximum absolute atomic E-state index is 12.5. The van der Waals surface area contributed by atoms with Gasteiger partial charge in [0.05, 0.1) is 0 Å². The Morgan fingerprint density at radius 2 is 1.18 bits per heavy atom. The number of hydrogen-bond donors (Lipinski definition) is 0. The highest BCUT2D eigenvalue weighted by atomic mass is 19.4. The summed E-state index contributed by atoms with van der Waals surface area (Å²) < 4.78 is 109. The number of alkyl halides is 9. The Bertz CT molecular complexity index is 280. The molecule has 0 aliphatic rings. The van der Waals surface area contributed by atoms with Crippen LogP contribution >= 0.6 is 0 Å². The summed E-state index contributed by atoms with van der Waals surface area (Å²) in [6.07, 6.45) is -10.5. The summed E-state index contributed by atoms with van der Waals surface area (Å²) in [7, 11) is 0. The molecule has 0 aliphatic carbocycles. The first kappa shape index (κ1) is 16.0. The van der Waals surface area contributed by atoms with Crippen molar-refractivity contribution in [2.24, 2.45) is 0 Å². The summed E-state index contributed by atoms with van der Waals surface area (Å²) in [6.45, 7) is 0. The minimum Gasteiger partial charge on any atom is -0.303 e. The van der Waals surface area contributed by atoms with E-state index in [9.17, 15) is 44.3 Å². The van der Waals surface area contributed by atoms with Gasteiger partial charge in [0, 0.05) is 12.8 Å². The second kappa shape index (κ2) is 4.37. The first-order valence-corrected chi connectivity index (χ1v) is 3.95. The highest BCUT2D eigenvalue weighted by molar-refractivity contribution is 5.49. The summed E-state index contributed by atoms with van der Waals surface area (Å²) >= 11 is 0. The zero-order valence-electron chi connectivity index (χ0n) is 7.80. The lowest BCUT2D eigenvalue weighted by Gasteiger charge is -2.33. The molecule has 0 bridgehead atoms. The molecule has 0 amide bonds. The van der Waals surface area contributed by atoms with Gasteiger partial charge < -0.3 is 4.79 Å². The average molecular weight is 276 g/mol. The summed E-state index contributed by atoms with van der Waals surface area (Å²) in [5.74, 6) is -19.2. The second-order valence-corrected chi connectivity index (χ2v) is 3.06. The molecule has 0 unspecified atom stereocenters. The van der Waals surface area contributed by atoms with Crippen molar-refractivity contribution in [3.63, 3.8) is 0 Å². The minimum atomic E-state index is -6.88. The molecule has 0 aromatic carbocycles. The van der Waals surface area contributed by atoms with Crippen molar-refractivity contribution in [2.75, 3.05) is 0 Å². The number of rotatable bonds is 5. The monoisotopic (exact) mass is 276 g/mol. The van der Waals surface area contributed by atoms with Crippen LogP contribution in [0, 0.1) is 0 Å². The molecule has 0 aromatic heterocycles. The van der Waals surface area contributed by atoms with Gasteiger partial charge in [0.1, 0.15) is 6.29 Å². The first-order valence-electron chi connectivity index (χ1n) is 3.95. The molecule has 0 spiro atoms. The summed E-state index contributed by atoms with van der Waals surface area (Å²) in [5, 5.41) is 0. The van der Waals surface area contributed by atoms with Crippen LogP contribution in [0.5, 0.6) is 0 Å². The molecule has 0 atom stereocenters. The summed E-state index contributed by atoms with van der Waals surface area (Å²) in [6, 6.07) is 0. The number of aldehydes is 1. The Hall–Kier alpha value is -0.960. The molecule has 0 fully saturated rings. The van der Waals surface area contributed by atoms with Gasteiger partial charge in [0.15, 0.2) is 0 Å². The standard InChI is InChI=1S/C7H5F9O/c8-4(9,2-1-3-17)5(10,11)6(12,13)7(14,15)16/h3H,1-2H2. The van der Waals surface area contributed by atoms with Crippen molar-refractivity contribution in [3.8, 4) is 0 Å². The largest absolute Gasteiger partial charge is 0.460 e. The van der Waals surface area contributed by atoms with Gasteiger partial charge >= 0.3 is 23.9 Å². The third kappa shape index (κ3) is 2.65. The highest BCUT2D eigenvalue weighted by Crippen LogP contribution is 2.54. The van der Waals surface area contributed by atoms with E-state index in [1.165, 1.54) is 0 Å². The molecule has 0 aromatic rings. The lowest BCUT2D eigenvalue weighted by molar-refractivity contribution is -0.396. The molecule has 0 rings (SSSR count). The molecular weight excluding hydrogens is 271 g/mol. The normalized spacial score (nSPS) is 14.9. The number of hydrogen-bond acceptors (Lipinski definition) is 1. The predicted molar refractivity (Wildman–Crippen MR) is 36.2 cm³/mol. The molecular formula is C7H5F9O. The Kier molecular flexibility index (Phi) is 4.13. The summed E-state index contributed by atoms with van der Waals surface area (Å²) in [5.41, 5.74) is 0. The van der Waals surface area contributed by atoms with Gasteiger partial charge in [-0.05, 0) is 0 Å². The number of carbonyl (C=O) groups excluding carboxylic acids is 1. The zero-order valence-corrected chi connectivity index (χ0v) is 7.80. The van der Waals surface area contributed by atoms with E-state index in [1.807, 2.05) is 0 Å². The van der Waals surface area contributed by atoms with Gasteiger partial charge in [-0.25, -0.2) is 0 Å². The lowest BCUT2D eigenvalue weighted by Crippen LogP contribution is -2.60. The van der Waals surface area contributed by atoms with Gasteiger partial charge in [-0.3, -0.25) is 0 Å². The van der Waals surface area contributed by atoms with Gasteiger partial charge in [-0.1, -0.05) is 0 Å². The maximum atomic E-state index is 12.5. The van der Waals surface area contributed by atoms with Crippen LogP contribution in [0.25, 0.3) is 0 Å². The topological polar surface area (TPSA) is 17.1 Å². The van der Waals surface area contributed by atoms with E-state index in [-0.39, 0.29) is 6.29 Å². The quantitative estimate of drug-likeness (QED) is 0.555. The van der Waals surface area contributed by atoms with E-state index >= 15 is 0 Å². The molecule has 0 saturated carbocycles. The van der Waals surface area contributed by atoms with E-state index in [4.69, 9.17) is 0 Å². The van der Waals surface area contributed by atoms with Crippen LogP contribution in [0.2, 0.25) is 0 Å². The zero-order chi connectivity index (χ0) is 14.1. The van der Waals surface area contributed by atoms with E-state index in [1.54, 1.807) is 0 Å². The fraction of sp³-hybridized carbons (Fsp3) is 0.857. The Morgan fingerprint density at radius 1 is 0.765 bits per heavy atom. The Balaban J connectivity index is 5.31. The van der Waals surface area contributed by atoms with Crippen LogP contribution < -0.4 is 0 Å². The minimum absolute atomic E-state index is 0.296. The Labute approximate surface area is 88.6 Å². The van der Waals surface area contributed by atoms with E-state index in [2.05, 4.69) is 0 Å². The lowest BCUT2D eigenvalue weighted by atomic mass is 10.00. The SMILES string of the molecule is O=CCCC(F)(F)C(F)(F)C(F)(F)C(F)(F)F. The first-order chi connectivity index (χ1) is 7.31. The van der Waals surface area contributed by atoms with Crippen molar-refractivity contribution >= 4 is 6.29 Å². The molecule has 0 aliphatic heterocycles. The number of carbonyl (C=O) groups is 1. The van der Waals surface area contributed by atoms with Crippen molar-refractivity contribution in [1.82, 2.24) is 0 Å². The van der Waals surface area contributed by atoms with Gasteiger partial charge in [0.2, 0.25) is 0 Å². The van der Waals surface area contributed by atoms with Crippen LogP contribution in [-0.4, -0.2) is 30.2 Å². The van der Waals surface area contributed by atoms with E-state index in [0.717, 1.165) is 0 Å². The molecule has 10 heteroatoms. The van der Waals surface area contributed by atoms with Crippen molar-refractivity contribution in [1.29, 1.82) is 0 Å². The smallest absolute Gasteiger partial charge is 0.303 e. The summed E-state index contributed by atoms with van der Waals surface area (Å²) in [4.78, 5) is 9.64. The van der Waals surface area contributed by atoms with Crippen LogP contribution in [0.1, 0.15) is 12.8 Å². The maximum Gasteiger partial charge on any atom is 0.460 e. The van der Waals surface area contributed by atoms with Crippen LogP contribution in [0.15, 0.2) is 0 Å². The molecule has 0 N–H and O–H groups in total. The predicted octanol–water partition coefficient (Wildman–Crippen LogP) is 3.43. The second-order valence-electron chi connectivity index (χ2n) is 3.06. The van der Waals surface area contributed by atoms with Gasteiger partial charge in [0.25, 0.3) is 0 Å². The van der Waals surface area contributed by atoms with Crippen molar-refractivity contribution in [3.05, 3.63) is 0 Å². The van der Waals surface area contributed by atoms with Gasteiger partial charge in [-0.15, -0.1) is 0 Å². The third-order valence-corrected chi connectivity index (χ3v) is 1.79. The Morgan fingerprint density at radius 3 is 1.47 bits per heavy atom. The van der Waals surface area contributed by atoms with Gasteiger partial charge in [-0.2, -0.15) is 39.5 Å². The third-order valence-electron chi connectivity index (χ3n) is 1.79. The molecule has 1 nitrogen and oxygen atoms in total. The van der Waals surface area contributed by atoms with E-state index < -0.39 is 36.8 Å². The average Bonchev–Trinajstić information content (AvgIpc) is 2.12. The van der Waals surface area contributed by atoms with E-state index in [0.29, 0.717) is 0 Å². The molecule has 102 valence electrons. The van der Waals surface area contributed by atoms with Crippen LogP contribution in [-0.2, 0) is 4.79 Å². The molecule has 0 radical (unpaired) electrons. The number of halogens is 9. The molecule has 0 saturated heterocycles. The van der Waals surface area contributed by atoms with Crippen LogP contribution in [0.4, 0.5) is 39.5 Å². The molecule has 17 heavy (non-hydrogen) atoms. The highest BCUT2D eigenvalue weighted by Gasteiger charge is 2.81.